The number of nitrogens with one attached hydrogen (secondary N) is 1. The molecule has 0 saturated carbocycles. The third-order valence-electron chi connectivity index (χ3n) is 5.00. The van der Waals surface area contributed by atoms with E-state index in [0.717, 1.165) is 18.7 Å². The summed E-state index contributed by atoms with van der Waals surface area (Å²) >= 11 is 0. The van der Waals surface area contributed by atoms with Crippen molar-refractivity contribution in [2.75, 3.05) is 0 Å². The summed E-state index contributed by atoms with van der Waals surface area (Å²) in [5, 5.41) is 3.69. The Kier molecular flexibility index (Phi) is 4.83. The molecule has 3 aromatic carbocycles. The molecular formula is C24H24N2. The third-order valence-corrected chi connectivity index (χ3v) is 5.00. The van der Waals surface area contributed by atoms with Gasteiger partial charge in [0, 0.05) is 6.42 Å². The van der Waals surface area contributed by atoms with E-state index in [2.05, 4.69) is 97.2 Å². The summed E-state index contributed by atoms with van der Waals surface area (Å²) in [6.45, 7) is 2.13. The standard InChI is InChI=1S/C24H24N2/c1-18-12-14-19(15-13-18)16-17-22-25-23(20-8-4-2-5-9-20)24(26-22)21-10-6-3-7-11-21/h2-15,23-24H,16-17H2,1H3,(H,25,26)/t23-,24+. The molecule has 0 bridgehead atoms. The lowest BCUT2D eigenvalue weighted by Crippen LogP contribution is -2.24. The lowest BCUT2D eigenvalue weighted by molar-refractivity contribution is 0.571. The maximum absolute atomic E-state index is 5.05. The molecule has 0 spiro atoms. The van der Waals surface area contributed by atoms with E-state index in [1.54, 1.807) is 0 Å². The maximum Gasteiger partial charge on any atom is 0.101 e. The van der Waals surface area contributed by atoms with Crippen molar-refractivity contribution in [1.29, 1.82) is 0 Å². The summed E-state index contributed by atoms with van der Waals surface area (Å²) in [6, 6.07) is 30.4. The van der Waals surface area contributed by atoms with E-state index >= 15 is 0 Å². The lowest BCUT2D eigenvalue weighted by atomic mass is 9.95. The molecule has 0 radical (unpaired) electrons. The summed E-state index contributed by atoms with van der Waals surface area (Å²) in [7, 11) is 0. The fraction of sp³-hybridized carbons (Fsp3) is 0.208. The summed E-state index contributed by atoms with van der Waals surface area (Å²) < 4.78 is 0. The Hall–Kier alpha value is -2.87. The first kappa shape index (κ1) is 16.6. The minimum absolute atomic E-state index is 0.131. The van der Waals surface area contributed by atoms with Crippen LogP contribution in [0.25, 0.3) is 0 Å². The van der Waals surface area contributed by atoms with Crippen LogP contribution in [0, 0.1) is 6.92 Å². The molecule has 130 valence electrons. The number of nitrogens with zero attached hydrogens (tertiary/aromatic N) is 1. The van der Waals surface area contributed by atoms with E-state index in [1.807, 2.05) is 0 Å². The number of aliphatic imine (C=N–C) groups is 1. The zero-order valence-electron chi connectivity index (χ0n) is 15.1. The Balaban J connectivity index is 1.55. The van der Waals surface area contributed by atoms with Crippen molar-refractivity contribution in [3.8, 4) is 0 Å². The van der Waals surface area contributed by atoms with Crippen LogP contribution in [0.5, 0.6) is 0 Å². The predicted molar refractivity (Wildman–Crippen MR) is 108 cm³/mol. The fourth-order valence-electron chi connectivity index (χ4n) is 3.54. The molecule has 1 heterocycles. The SMILES string of the molecule is Cc1ccc(CCC2=N[C@@H](c3ccccc3)[C@@H](c3ccccc3)N2)cc1. The van der Waals surface area contributed by atoms with Crippen LogP contribution < -0.4 is 5.32 Å². The zero-order valence-corrected chi connectivity index (χ0v) is 15.1. The molecule has 1 aliphatic heterocycles. The number of hydrogen-bond acceptors (Lipinski definition) is 2. The van der Waals surface area contributed by atoms with E-state index in [1.165, 1.54) is 22.3 Å². The van der Waals surface area contributed by atoms with Gasteiger partial charge < -0.3 is 5.32 Å². The normalized spacial score (nSPS) is 19.0. The number of aryl methyl sites for hydroxylation is 2. The zero-order chi connectivity index (χ0) is 17.8. The molecule has 26 heavy (non-hydrogen) atoms. The molecule has 2 heteroatoms. The first-order valence-corrected chi connectivity index (χ1v) is 9.28. The summed E-state index contributed by atoms with van der Waals surface area (Å²) in [6.07, 6.45) is 1.95. The number of rotatable bonds is 5. The molecule has 1 aliphatic rings. The van der Waals surface area contributed by atoms with Crippen LogP contribution >= 0.6 is 0 Å². The highest BCUT2D eigenvalue weighted by atomic mass is 15.1. The van der Waals surface area contributed by atoms with Gasteiger partial charge in [-0.3, -0.25) is 4.99 Å². The van der Waals surface area contributed by atoms with E-state index < -0.39 is 0 Å². The molecule has 4 rings (SSSR count). The summed E-state index contributed by atoms with van der Waals surface area (Å²) in [5.41, 5.74) is 5.22. The molecule has 0 aromatic heterocycles. The van der Waals surface area contributed by atoms with E-state index in [0.29, 0.717) is 0 Å². The number of benzene rings is 3. The Bertz CT molecular complexity index is 867. The quantitative estimate of drug-likeness (QED) is 0.659. The summed E-state index contributed by atoms with van der Waals surface area (Å²) in [5.74, 6) is 1.10. The van der Waals surface area contributed by atoms with Crippen molar-refractivity contribution < 1.29 is 0 Å². The van der Waals surface area contributed by atoms with Gasteiger partial charge in [0.15, 0.2) is 0 Å². The first-order valence-electron chi connectivity index (χ1n) is 9.28. The third kappa shape index (κ3) is 3.70. The van der Waals surface area contributed by atoms with Crippen molar-refractivity contribution in [3.63, 3.8) is 0 Å². The van der Waals surface area contributed by atoms with Gasteiger partial charge in [0.2, 0.25) is 0 Å². The molecule has 2 nitrogen and oxygen atoms in total. The van der Waals surface area contributed by atoms with Crippen LogP contribution in [0.3, 0.4) is 0 Å². The van der Waals surface area contributed by atoms with Crippen LogP contribution in [-0.4, -0.2) is 5.84 Å². The smallest absolute Gasteiger partial charge is 0.101 e. The second-order valence-corrected chi connectivity index (χ2v) is 6.95. The minimum atomic E-state index is 0.131. The molecule has 3 aromatic rings. The van der Waals surface area contributed by atoms with Gasteiger partial charge in [0.25, 0.3) is 0 Å². The van der Waals surface area contributed by atoms with Crippen molar-refractivity contribution in [2.24, 2.45) is 4.99 Å². The highest BCUT2D eigenvalue weighted by Crippen LogP contribution is 2.36. The lowest BCUT2D eigenvalue weighted by Gasteiger charge is -2.19. The average molecular weight is 340 g/mol. The van der Waals surface area contributed by atoms with Gasteiger partial charge in [-0.05, 0) is 30.0 Å². The second-order valence-electron chi connectivity index (χ2n) is 6.95. The Labute approximate surface area is 155 Å². The van der Waals surface area contributed by atoms with Crippen LogP contribution in [0.2, 0.25) is 0 Å². The average Bonchev–Trinajstić information content (AvgIpc) is 3.13. The molecule has 0 aliphatic carbocycles. The van der Waals surface area contributed by atoms with Crippen LogP contribution in [0.1, 0.15) is 40.8 Å². The molecule has 0 fully saturated rings. The monoisotopic (exact) mass is 340 g/mol. The van der Waals surface area contributed by atoms with Crippen LogP contribution in [0.4, 0.5) is 0 Å². The Morgan fingerprint density at radius 3 is 2.00 bits per heavy atom. The predicted octanol–water partition coefficient (Wildman–Crippen LogP) is 5.41. The van der Waals surface area contributed by atoms with Crippen molar-refractivity contribution in [2.45, 2.75) is 31.8 Å². The van der Waals surface area contributed by atoms with Gasteiger partial charge in [0.05, 0.1) is 11.9 Å². The molecule has 0 amide bonds. The van der Waals surface area contributed by atoms with E-state index in [-0.39, 0.29) is 12.1 Å². The largest absolute Gasteiger partial charge is 0.364 e. The molecule has 0 saturated heterocycles. The van der Waals surface area contributed by atoms with Gasteiger partial charge >= 0.3 is 0 Å². The highest BCUT2D eigenvalue weighted by molar-refractivity contribution is 5.85. The first-order chi connectivity index (χ1) is 12.8. The topological polar surface area (TPSA) is 24.4 Å². The fourth-order valence-corrected chi connectivity index (χ4v) is 3.54. The van der Waals surface area contributed by atoms with Crippen molar-refractivity contribution >= 4 is 5.84 Å². The summed E-state index contributed by atoms with van der Waals surface area (Å²) in [4.78, 5) is 5.05. The molecule has 2 atom stereocenters. The van der Waals surface area contributed by atoms with Gasteiger partial charge in [-0.15, -0.1) is 0 Å². The molecular weight excluding hydrogens is 316 g/mol. The van der Waals surface area contributed by atoms with Gasteiger partial charge in [-0.2, -0.15) is 0 Å². The Morgan fingerprint density at radius 2 is 1.35 bits per heavy atom. The van der Waals surface area contributed by atoms with Gasteiger partial charge in [-0.25, -0.2) is 0 Å². The van der Waals surface area contributed by atoms with Crippen molar-refractivity contribution in [1.82, 2.24) is 5.32 Å². The maximum atomic E-state index is 5.05. The van der Waals surface area contributed by atoms with Crippen LogP contribution in [0.15, 0.2) is 89.9 Å². The van der Waals surface area contributed by atoms with E-state index in [9.17, 15) is 0 Å². The van der Waals surface area contributed by atoms with Crippen molar-refractivity contribution in [3.05, 3.63) is 107 Å². The second kappa shape index (κ2) is 7.57. The van der Waals surface area contributed by atoms with Gasteiger partial charge in [0.1, 0.15) is 6.04 Å². The molecule has 0 unspecified atom stereocenters. The van der Waals surface area contributed by atoms with E-state index in [4.69, 9.17) is 4.99 Å². The highest BCUT2D eigenvalue weighted by Gasteiger charge is 2.30. The number of hydrogen-bond donors (Lipinski definition) is 1. The van der Waals surface area contributed by atoms with Gasteiger partial charge in [-0.1, -0.05) is 90.5 Å². The minimum Gasteiger partial charge on any atom is -0.364 e. The number of amidine groups is 1. The Morgan fingerprint density at radius 1 is 0.731 bits per heavy atom. The van der Waals surface area contributed by atoms with Crippen LogP contribution in [-0.2, 0) is 6.42 Å². The molecule has 1 N–H and O–H groups in total.